The van der Waals surface area contributed by atoms with Crippen LogP contribution in [0.25, 0.3) is 0 Å². The summed E-state index contributed by atoms with van der Waals surface area (Å²) in [4.78, 5) is 0. The van der Waals surface area contributed by atoms with Crippen LogP contribution >= 0.6 is 0 Å². The molecule has 2 fully saturated rings. The Labute approximate surface area is 122 Å². The van der Waals surface area contributed by atoms with Crippen LogP contribution in [0.3, 0.4) is 0 Å². The lowest BCUT2D eigenvalue weighted by Gasteiger charge is -2.38. The fourth-order valence-corrected chi connectivity index (χ4v) is 4.56. The van der Waals surface area contributed by atoms with Crippen LogP contribution in [0.4, 0.5) is 0 Å². The van der Waals surface area contributed by atoms with Gasteiger partial charge in [0.15, 0.2) is 0 Å². The lowest BCUT2D eigenvalue weighted by atomic mass is 9.72. The van der Waals surface area contributed by atoms with Gasteiger partial charge in [0.25, 0.3) is 0 Å². The van der Waals surface area contributed by atoms with Crippen LogP contribution in [0, 0.1) is 11.8 Å². The van der Waals surface area contributed by atoms with Crippen molar-refractivity contribution in [2.75, 3.05) is 0 Å². The van der Waals surface area contributed by atoms with Crippen molar-refractivity contribution in [2.45, 2.75) is 76.9 Å². The number of hydrogen-bond donors (Lipinski definition) is 1. The van der Waals surface area contributed by atoms with Crippen LogP contribution in [0.1, 0.15) is 70.5 Å². The van der Waals surface area contributed by atoms with Crippen LogP contribution < -0.4 is 0 Å². The van der Waals surface area contributed by atoms with E-state index < -0.39 is 5.60 Å². The number of hydrogen-bond acceptors (Lipinski definition) is 2. The van der Waals surface area contributed by atoms with Crippen molar-refractivity contribution in [1.29, 1.82) is 0 Å². The van der Waals surface area contributed by atoms with Crippen LogP contribution in [-0.4, -0.2) is 20.5 Å². The highest BCUT2D eigenvalue weighted by Gasteiger charge is 2.36. The Hall–Kier alpha value is -0.830. The second kappa shape index (κ2) is 5.51. The van der Waals surface area contributed by atoms with Gasteiger partial charge in [-0.2, -0.15) is 5.10 Å². The third-order valence-corrected chi connectivity index (χ3v) is 5.13. The highest BCUT2D eigenvalue weighted by molar-refractivity contribution is 5.06. The number of aromatic nitrogens is 2. The molecule has 0 amide bonds. The zero-order chi connectivity index (χ0) is 14.2. The lowest BCUT2D eigenvalue weighted by molar-refractivity contribution is -0.0312. The van der Waals surface area contributed by atoms with E-state index in [2.05, 4.69) is 30.8 Å². The van der Waals surface area contributed by atoms with Crippen molar-refractivity contribution >= 4 is 0 Å². The maximum Gasteiger partial charge on any atom is 0.0708 e. The summed E-state index contributed by atoms with van der Waals surface area (Å²) in [6.07, 6.45) is 11.1. The van der Waals surface area contributed by atoms with Gasteiger partial charge >= 0.3 is 0 Å². The second-order valence-corrected chi connectivity index (χ2v) is 7.48. The molecule has 1 heterocycles. The normalized spacial score (nSPS) is 35.5. The summed E-state index contributed by atoms with van der Waals surface area (Å²) >= 11 is 0. The molecule has 0 aromatic carbocycles. The molecule has 2 aliphatic carbocycles. The number of rotatable bonds is 3. The van der Waals surface area contributed by atoms with Crippen LogP contribution in [-0.2, 0) is 6.42 Å². The van der Waals surface area contributed by atoms with E-state index in [1.807, 2.05) is 0 Å². The first-order valence-electron chi connectivity index (χ1n) is 8.30. The molecule has 2 unspecified atom stereocenters. The van der Waals surface area contributed by atoms with Gasteiger partial charge in [-0.05, 0) is 50.0 Å². The van der Waals surface area contributed by atoms with Gasteiger partial charge in [0, 0.05) is 12.6 Å². The second-order valence-electron chi connectivity index (χ2n) is 7.48. The van der Waals surface area contributed by atoms with E-state index in [-0.39, 0.29) is 0 Å². The molecule has 2 aliphatic rings. The van der Waals surface area contributed by atoms with E-state index in [4.69, 9.17) is 5.10 Å². The quantitative estimate of drug-likeness (QED) is 0.913. The summed E-state index contributed by atoms with van der Waals surface area (Å²) in [7, 11) is 0. The molecule has 0 radical (unpaired) electrons. The molecule has 3 heteroatoms. The number of aliphatic hydroxyl groups is 1. The molecule has 0 saturated heterocycles. The van der Waals surface area contributed by atoms with E-state index in [0.717, 1.165) is 25.0 Å². The molecule has 1 aromatic rings. The average molecular weight is 276 g/mol. The van der Waals surface area contributed by atoms with Crippen molar-refractivity contribution in [3.8, 4) is 0 Å². The predicted molar refractivity (Wildman–Crippen MR) is 80.6 cm³/mol. The fourth-order valence-electron chi connectivity index (χ4n) is 4.56. The minimum absolute atomic E-state index is 0.536. The molecule has 0 aliphatic heterocycles. The standard InChI is InChI=1S/C17H28N2O/c1-13-9-14(2)11-17(20,10-13)12-15-7-8-19(18-15)16-5-3-4-6-16/h7-8,13-14,16,20H,3-6,9-12H2,1-2H3. The number of nitrogens with zero attached hydrogens (tertiary/aromatic N) is 2. The van der Waals surface area contributed by atoms with Crippen LogP contribution in [0.2, 0.25) is 0 Å². The van der Waals surface area contributed by atoms with Gasteiger partial charge in [0.1, 0.15) is 0 Å². The first-order valence-corrected chi connectivity index (χ1v) is 8.30. The molecule has 1 N–H and O–H groups in total. The summed E-state index contributed by atoms with van der Waals surface area (Å²) < 4.78 is 2.14. The van der Waals surface area contributed by atoms with Gasteiger partial charge in [0.05, 0.1) is 17.3 Å². The fraction of sp³-hybridized carbons (Fsp3) is 0.824. The SMILES string of the molecule is CC1CC(C)CC(O)(Cc2ccn(C3CCCC3)n2)C1. The Morgan fingerprint density at radius 2 is 1.90 bits per heavy atom. The van der Waals surface area contributed by atoms with E-state index >= 15 is 0 Å². The largest absolute Gasteiger partial charge is 0.389 e. The topological polar surface area (TPSA) is 38.0 Å². The van der Waals surface area contributed by atoms with Gasteiger partial charge in [-0.25, -0.2) is 0 Å². The van der Waals surface area contributed by atoms with Crippen molar-refractivity contribution in [3.05, 3.63) is 18.0 Å². The highest BCUT2D eigenvalue weighted by atomic mass is 16.3. The third-order valence-electron chi connectivity index (χ3n) is 5.13. The van der Waals surface area contributed by atoms with Crippen molar-refractivity contribution in [1.82, 2.24) is 9.78 Å². The summed E-state index contributed by atoms with van der Waals surface area (Å²) in [6, 6.07) is 2.71. The molecule has 112 valence electrons. The zero-order valence-corrected chi connectivity index (χ0v) is 12.9. The Morgan fingerprint density at radius 1 is 1.25 bits per heavy atom. The van der Waals surface area contributed by atoms with E-state index in [9.17, 15) is 5.11 Å². The van der Waals surface area contributed by atoms with E-state index in [1.54, 1.807) is 0 Å². The van der Waals surface area contributed by atoms with Gasteiger partial charge in [-0.15, -0.1) is 0 Å². The Bertz CT molecular complexity index is 438. The van der Waals surface area contributed by atoms with E-state index in [1.165, 1.54) is 32.1 Å². The van der Waals surface area contributed by atoms with Crippen LogP contribution in [0.5, 0.6) is 0 Å². The van der Waals surface area contributed by atoms with Gasteiger partial charge in [-0.1, -0.05) is 26.7 Å². The molecule has 0 spiro atoms. The van der Waals surface area contributed by atoms with E-state index in [0.29, 0.717) is 17.9 Å². The molecular weight excluding hydrogens is 248 g/mol. The summed E-state index contributed by atoms with van der Waals surface area (Å²) in [5.41, 5.74) is 0.534. The average Bonchev–Trinajstić information content (AvgIpc) is 2.95. The van der Waals surface area contributed by atoms with Crippen molar-refractivity contribution in [3.63, 3.8) is 0 Å². The minimum atomic E-state index is -0.536. The molecule has 3 nitrogen and oxygen atoms in total. The smallest absolute Gasteiger partial charge is 0.0708 e. The predicted octanol–water partition coefficient (Wildman–Crippen LogP) is 3.73. The van der Waals surface area contributed by atoms with Gasteiger partial charge in [0.2, 0.25) is 0 Å². The molecule has 3 rings (SSSR count). The highest BCUT2D eigenvalue weighted by Crippen LogP contribution is 2.38. The Morgan fingerprint density at radius 3 is 2.55 bits per heavy atom. The maximum atomic E-state index is 10.9. The molecule has 2 atom stereocenters. The third kappa shape index (κ3) is 3.08. The summed E-state index contributed by atoms with van der Waals surface area (Å²) in [6.45, 7) is 4.52. The molecule has 20 heavy (non-hydrogen) atoms. The van der Waals surface area contributed by atoms with Crippen LogP contribution in [0.15, 0.2) is 12.3 Å². The first-order chi connectivity index (χ1) is 9.54. The Kier molecular flexibility index (Phi) is 3.89. The lowest BCUT2D eigenvalue weighted by Crippen LogP contribution is -2.40. The van der Waals surface area contributed by atoms with Crippen molar-refractivity contribution < 1.29 is 5.11 Å². The van der Waals surface area contributed by atoms with Gasteiger partial charge < -0.3 is 5.11 Å². The maximum absolute atomic E-state index is 10.9. The zero-order valence-electron chi connectivity index (χ0n) is 12.9. The Balaban J connectivity index is 1.67. The molecule has 2 saturated carbocycles. The molecular formula is C17H28N2O. The van der Waals surface area contributed by atoms with Crippen molar-refractivity contribution in [2.24, 2.45) is 11.8 Å². The minimum Gasteiger partial charge on any atom is -0.389 e. The monoisotopic (exact) mass is 276 g/mol. The molecule has 0 bridgehead atoms. The summed E-state index contributed by atoms with van der Waals surface area (Å²) in [5.74, 6) is 1.25. The molecule has 1 aromatic heterocycles. The first kappa shape index (κ1) is 14.1. The van der Waals surface area contributed by atoms with Gasteiger partial charge in [-0.3, -0.25) is 4.68 Å². The summed E-state index contributed by atoms with van der Waals surface area (Å²) in [5, 5.41) is 15.6.